The Bertz CT molecular complexity index is 353. The Kier molecular flexibility index (Phi) is 7.96. The van der Waals surface area contributed by atoms with Gasteiger partial charge in [-0.1, -0.05) is 6.58 Å². The molecule has 0 aliphatic carbocycles. The highest BCUT2D eigenvalue weighted by Gasteiger charge is 2.53. The molecule has 0 N–H and O–H groups in total. The highest BCUT2D eigenvalue weighted by molar-refractivity contribution is 5.64. The summed E-state index contributed by atoms with van der Waals surface area (Å²) in [6, 6.07) is -1.33. The van der Waals surface area contributed by atoms with Crippen molar-refractivity contribution >= 4 is 6.04 Å². The van der Waals surface area contributed by atoms with Crippen molar-refractivity contribution in [3.05, 3.63) is 12.4 Å². The SMILES string of the molecule is C=C(F)C(F)(F)OC(CC(F)(F)F)C(F)(F)F.CC(=O)F. The molecule has 0 aromatic heterocycles. The number of hydrogen-bond acceptors (Lipinski definition) is 2. The molecule has 0 amide bonds. The molecule has 0 saturated carbocycles. The third kappa shape index (κ3) is 12.1. The molecule has 21 heavy (non-hydrogen) atoms. The summed E-state index contributed by atoms with van der Waals surface area (Å²) in [6.07, 6.45) is -22.8. The van der Waals surface area contributed by atoms with Crippen LogP contribution in [0.5, 0.6) is 0 Å². The fraction of sp³-hybridized carbons (Fsp3) is 0.667. The average Bonchev–Trinajstić information content (AvgIpc) is 2.10. The number of rotatable bonds is 4. The normalized spacial score (nSPS) is 14.0. The van der Waals surface area contributed by atoms with Crippen LogP contribution in [0.25, 0.3) is 0 Å². The van der Waals surface area contributed by atoms with E-state index in [0.29, 0.717) is 0 Å². The zero-order valence-electron chi connectivity index (χ0n) is 10.1. The topological polar surface area (TPSA) is 26.3 Å². The van der Waals surface area contributed by atoms with E-state index in [0.717, 1.165) is 6.92 Å². The number of alkyl halides is 8. The van der Waals surface area contributed by atoms with Crippen molar-refractivity contribution in [2.45, 2.75) is 37.9 Å². The third-order valence-corrected chi connectivity index (χ3v) is 1.39. The first-order valence-corrected chi connectivity index (χ1v) is 4.69. The second-order valence-corrected chi connectivity index (χ2v) is 3.36. The molecular formula is C9H8F10O2. The Labute approximate surface area is 111 Å². The number of hydrogen-bond donors (Lipinski definition) is 0. The molecule has 126 valence electrons. The Morgan fingerprint density at radius 1 is 1.05 bits per heavy atom. The Morgan fingerprint density at radius 2 is 1.38 bits per heavy atom. The van der Waals surface area contributed by atoms with Crippen molar-refractivity contribution in [1.29, 1.82) is 0 Å². The van der Waals surface area contributed by atoms with E-state index in [2.05, 4.69) is 4.74 Å². The second kappa shape index (κ2) is 7.61. The summed E-state index contributed by atoms with van der Waals surface area (Å²) in [5, 5.41) is 0. The van der Waals surface area contributed by atoms with Crippen LogP contribution in [0.4, 0.5) is 43.9 Å². The molecule has 1 unspecified atom stereocenters. The fourth-order valence-electron chi connectivity index (χ4n) is 0.677. The van der Waals surface area contributed by atoms with Crippen LogP contribution in [0.3, 0.4) is 0 Å². The van der Waals surface area contributed by atoms with Crippen LogP contribution < -0.4 is 0 Å². The van der Waals surface area contributed by atoms with Gasteiger partial charge in [-0.15, -0.1) is 0 Å². The van der Waals surface area contributed by atoms with E-state index in [4.69, 9.17) is 4.79 Å². The van der Waals surface area contributed by atoms with Gasteiger partial charge in [0, 0.05) is 6.92 Å². The molecule has 0 radical (unpaired) electrons. The highest BCUT2D eigenvalue weighted by atomic mass is 19.4. The maximum absolute atomic E-state index is 12.3. The molecule has 0 rings (SSSR count). The summed E-state index contributed by atoms with van der Waals surface area (Å²) in [4.78, 5) is 8.78. The number of carbonyl (C=O) groups excluding carboxylic acids is 1. The molecule has 0 bridgehead atoms. The van der Waals surface area contributed by atoms with Crippen molar-refractivity contribution in [3.63, 3.8) is 0 Å². The summed E-state index contributed by atoms with van der Waals surface area (Å²) in [7, 11) is 0. The van der Waals surface area contributed by atoms with E-state index in [-0.39, 0.29) is 0 Å². The lowest BCUT2D eigenvalue weighted by Crippen LogP contribution is -2.41. The van der Waals surface area contributed by atoms with Crippen LogP contribution in [-0.4, -0.2) is 30.6 Å². The molecule has 0 aromatic carbocycles. The van der Waals surface area contributed by atoms with Gasteiger partial charge in [0.2, 0.25) is 0 Å². The van der Waals surface area contributed by atoms with E-state index >= 15 is 0 Å². The largest absolute Gasteiger partial charge is 0.415 e. The maximum atomic E-state index is 12.3. The summed E-state index contributed by atoms with van der Waals surface area (Å²) in [6.45, 7) is 2.83. The quantitative estimate of drug-likeness (QED) is 0.559. The molecule has 0 aliphatic rings. The van der Waals surface area contributed by atoms with E-state index < -0.39 is 42.8 Å². The van der Waals surface area contributed by atoms with Crippen LogP contribution in [0.1, 0.15) is 13.3 Å². The molecule has 0 saturated heterocycles. The smallest absolute Gasteiger partial charge is 0.301 e. The Hall–Kier alpha value is -1.33. The van der Waals surface area contributed by atoms with E-state index in [9.17, 15) is 43.9 Å². The van der Waals surface area contributed by atoms with Gasteiger partial charge >= 0.3 is 18.5 Å². The average molecular weight is 338 g/mol. The van der Waals surface area contributed by atoms with Crippen molar-refractivity contribution in [1.82, 2.24) is 0 Å². The van der Waals surface area contributed by atoms with Gasteiger partial charge in [-0.25, -0.2) is 4.39 Å². The molecule has 0 fully saturated rings. The van der Waals surface area contributed by atoms with Gasteiger partial charge in [0.1, 0.15) is 0 Å². The zero-order chi connectivity index (χ0) is 17.6. The van der Waals surface area contributed by atoms with Gasteiger partial charge in [0.15, 0.2) is 11.9 Å². The second-order valence-electron chi connectivity index (χ2n) is 3.36. The minimum Gasteiger partial charge on any atom is -0.301 e. The molecule has 1 atom stereocenters. The Morgan fingerprint density at radius 3 is 1.57 bits per heavy atom. The molecule has 0 aliphatic heterocycles. The maximum Gasteiger partial charge on any atom is 0.415 e. The number of ether oxygens (including phenoxy) is 1. The highest BCUT2D eigenvalue weighted by Crippen LogP contribution is 2.38. The van der Waals surface area contributed by atoms with E-state index in [1.807, 2.05) is 6.58 Å². The van der Waals surface area contributed by atoms with Gasteiger partial charge in [-0.3, -0.25) is 4.79 Å². The first-order chi connectivity index (χ1) is 8.99. The van der Waals surface area contributed by atoms with Crippen molar-refractivity contribution in [2.24, 2.45) is 0 Å². The van der Waals surface area contributed by atoms with Gasteiger partial charge in [0.05, 0.1) is 6.42 Å². The van der Waals surface area contributed by atoms with Crippen LogP contribution in [0.2, 0.25) is 0 Å². The fourth-order valence-corrected chi connectivity index (χ4v) is 0.677. The zero-order valence-corrected chi connectivity index (χ0v) is 10.1. The van der Waals surface area contributed by atoms with Gasteiger partial charge in [-0.2, -0.15) is 39.5 Å². The standard InChI is InChI=1S/C7H5F9O.C2H3FO/c1-3(8)7(15,16)17-4(6(12,13)14)2-5(9,10)11;1-2(3)4/h4H,1-2H2;1H3. The van der Waals surface area contributed by atoms with Gasteiger partial charge in [-0.05, 0) is 0 Å². The first-order valence-electron chi connectivity index (χ1n) is 4.69. The predicted molar refractivity (Wildman–Crippen MR) is 48.6 cm³/mol. The number of halogens is 10. The first kappa shape index (κ1) is 22.0. The minimum absolute atomic E-state index is 0.861. The number of carbonyl (C=O) groups is 1. The molecule has 0 aromatic rings. The van der Waals surface area contributed by atoms with Gasteiger partial charge in [0.25, 0.3) is 6.04 Å². The molecule has 0 heterocycles. The van der Waals surface area contributed by atoms with E-state index in [1.165, 1.54) is 0 Å². The molecule has 0 spiro atoms. The van der Waals surface area contributed by atoms with Crippen LogP contribution >= 0.6 is 0 Å². The lowest BCUT2D eigenvalue weighted by atomic mass is 10.2. The van der Waals surface area contributed by atoms with Crippen LogP contribution in [0.15, 0.2) is 12.4 Å². The molecule has 12 heteroatoms. The van der Waals surface area contributed by atoms with E-state index in [1.54, 1.807) is 0 Å². The van der Waals surface area contributed by atoms with Crippen molar-refractivity contribution in [3.8, 4) is 0 Å². The summed E-state index contributed by atoms with van der Waals surface area (Å²) < 4.78 is 121. The summed E-state index contributed by atoms with van der Waals surface area (Å²) >= 11 is 0. The van der Waals surface area contributed by atoms with Crippen LogP contribution in [0, 0.1) is 0 Å². The summed E-state index contributed by atoms with van der Waals surface area (Å²) in [5.74, 6) is -2.62. The Balaban J connectivity index is 0. The third-order valence-electron chi connectivity index (χ3n) is 1.39. The summed E-state index contributed by atoms with van der Waals surface area (Å²) in [5.41, 5.74) is 0. The monoisotopic (exact) mass is 338 g/mol. The lowest BCUT2D eigenvalue weighted by molar-refractivity contribution is -0.330. The molecular weight excluding hydrogens is 330 g/mol. The predicted octanol–water partition coefficient (Wildman–Crippen LogP) is 4.46. The minimum atomic E-state index is -5.71. The van der Waals surface area contributed by atoms with Gasteiger partial charge < -0.3 is 4.74 Å². The van der Waals surface area contributed by atoms with Crippen molar-refractivity contribution in [2.75, 3.05) is 0 Å². The lowest BCUT2D eigenvalue weighted by Gasteiger charge is -2.25. The van der Waals surface area contributed by atoms with Crippen LogP contribution in [-0.2, 0) is 9.53 Å². The van der Waals surface area contributed by atoms with Crippen molar-refractivity contribution < 1.29 is 53.4 Å². The molecule has 2 nitrogen and oxygen atoms in total.